The van der Waals surface area contributed by atoms with Gasteiger partial charge < -0.3 is 4.98 Å². The van der Waals surface area contributed by atoms with Gasteiger partial charge in [-0.1, -0.05) is 0 Å². The predicted octanol–water partition coefficient (Wildman–Crippen LogP) is 2.62. The first kappa shape index (κ1) is 8.17. The second kappa shape index (κ2) is 3.20. The number of nitrogens with zero attached hydrogens (tertiary/aromatic N) is 2. The molecule has 72 valence electrons. The molecule has 15 heavy (non-hydrogen) atoms. The molecule has 0 atom stereocenters. The van der Waals surface area contributed by atoms with E-state index in [1.165, 1.54) is 0 Å². The van der Waals surface area contributed by atoms with Crippen molar-refractivity contribution >= 4 is 11.0 Å². The largest absolute Gasteiger partial charge is 0.353 e. The fourth-order valence-corrected chi connectivity index (χ4v) is 1.63. The van der Waals surface area contributed by atoms with Crippen LogP contribution in [0.3, 0.4) is 0 Å². The normalized spacial score (nSPS) is 10.7. The molecule has 3 heteroatoms. The summed E-state index contributed by atoms with van der Waals surface area (Å²) in [5.74, 6) is 0. The van der Waals surface area contributed by atoms with Crippen LogP contribution in [0.1, 0.15) is 0 Å². The summed E-state index contributed by atoms with van der Waals surface area (Å²) < 4.78 is 0. The van der Waals surface area contributed by atoms with E-state index in [2.05, 4.69) is 15.0 Å². The van der Waals surface area contributed by atoms with Crippen molar-refractivity contribution in [1.82, 2.24) is 15.0 Å². The molecule has 0 aliphatic rings. The quantitative estimate of drug-likeness (QED) is 0.648. The summed E-state index contributed by atoms with van der Waals surface area (Å²) in [5, 5.41) is 0. The van der Waals surface area contributed by atoms with Gasteiger partial charge in [0.05, 0.1) is 11.0 Å². The van der Waals surface area contributed by atoms with Crippen LogP contribution in [-0.4, -0.2) is 15.0 Å². The fourth-order valence-electron chi connectivity index (χ4n) is 1.63. The van der Waals surface area contributed by atoms with Gasteiger partial charge in [0.25, 0.3) is 0 Å². The fraction of sp³-hybridized carbons (Fsp3) is 0. The monoisotopic (exact) mass is 195 g/mol. The minimum absolute atomic E-state index is 0.983. The number of H-pyrrole nitrogens is 1. The van der Waals surface area contributed by atoms with E-state index in [-0.39, 0.29) is 0 Å². The maximum absolute atomic E-state index is 4.28. The van der Waals surface area contributed by atoms with Crippen LogP contribution < -0.4 is 0 Å². The van der Waals surface area contributed by atoms with Crippen LogP contribution in [-0.2, 0) is 0 Å². The molecule has 0 fully saturated rings. The predicted molar refractivity (Wildman–Crippen MR) is 59.3 cm³/mol. The summed E-state index contributed by atoms with van der Waals surface area (Å²) in [4.78, 5) is 11.7. The Kier molecular flexibility index (Phi) is 1.75. The smallest absolute Gasteiger partial charge is 0.0885 e. The van der Waals surface area contributed by atoms with E-state index < -0.39 is 0 Å². The number of nitrogens with one attached hydrogen (secondary N) is 1. The van der Waals surface area contributed by atoms with Crippen LogP contribution in [0.25, 0.3) is 22.3 Å². The lowest BCUT2D eigenvalue weighted by Crippen LogP contribution is -1.77. The standard InChI is InChI=1S/C12H9N3/c1-3-9(8-13-5-1)11-7-12-10(15-11)4-2-6-14-12/h1-8,15H. The molecule has 0 bridgehead atoms. The molecular weight excluding hydrogens is 186 g/mol. The molecule has 0 aliphatic carbocycles. The van der Waals surface area contributed by atoms with Gasteiger partial charge in [-0.05, 0) is 30.3 Å². The Labute approximate surface area is 86.8 Å². The summed E-state index contributed by atoms with van der Waals surface area (Å²) >= 11 is 0. The van der Waals surface area contributed by atoms with Gasteiger partial charge in [-0.15, -0.1) is 0 Å². The molecule has 3 aromatic heterocycles. The number of pyridine rings is 2. The molecule has 3 heterocycles. The zero-order valence-electron chi connectivity index (χ0n) is 8.01. The first-order chi connectivity index (χ1) is 7.43. The van der Waals surface area contributed by atoms with Gasteiger partial charge in [0, 0.05) is 29.8 Å². The summed E-state index contributed by atoms with van der Waals surface area (Å²) in [6, 6.07) is 9.92. The highest BCUT2D eigenvalue weighted by Crippen LogP contribution is 2.21. The van der Waals surface area contributed by atoms with E-state index in [0.29, 0.717) is 0 Å². The number of fused-ring (bicyclic) bond motifs is 1. The van der Waals surface area contributed by atoms with Crippen molar-refractivity contribution in [1.29, 1.82) is 0 Å². The SMILES string of the molecule is c1cncc(-c2cc3ncccc3[nH]2)c1. The van der Waals surface area contributed by atoms with Gasteiger partial charge in [0.2, 0.25) is 0 Å². The third-order valence-corrected chi connectivity index (χ3v) is 2.36. The molecule has 0 spiro atoms. The molecule has 3 rings (SSSR count). The molecule has 0 radical (unpaired) electrons. The van der Waals surface area contributed by atoms with Crippen molar-refractivity contribution < 1.29 is 0 Å². The summed E-state index contributed by atoms with van der Waals surface area (Å²) in [6.07, 6.45) is 5.40. The number of rotatable bonds is 1. The van der Waals surface area contributed by atoms with E-state index in [1.807, 2.05) is 36.5 Å². The summed E-state index contributed by atoms with van der Waals surface area (Å²) in [5.41, 5.74) is 4.17. The highest BCUT2D eigenvalue weighted by atomic mass is 14.8. The molecule has 0 aliphatic heterocycles. The van der Waals surface area contributed by atoms with E-state index in [0.717, 1.165) is 22.3 Å². The average Bonchev–Trinajstić information content (AvgIpc) is 2.74. The lowest BCUT2D eigenvalue weighted by molar-refractivity contribution is 1.31. The Morgan fingerprint density at radius 2 is 2.00 bits per heavy atom. The van der Waals surface area contributed by atoms with E-state index in [4.69, 9.17) is 0 Å². The molecule has 0 unspecified atom stereocenters. The Morgan fingerprint density at radius 3 is 2.80 bits per heavy atom. The van der Waals surface area contributed by atoms with E-state index >= 15 is 0 Å². The van der Waals surface area contributed by atoms with Crippen LogP contribution >= 0.6 is 0 Å². The summed E-state index contributed by atoms with van der Waals surface area (Å²) in [6.45, 7) is 0. The topological polar surface area (TPSA) is 41.6 Å². The van der Waals surface area contributed by atoms with Gasteiger partial charge in [-0.25, -0.2) is 0 Å². The van der Waals surface area contributed by atoms with Gasteiger partial charge in [-0.2, -0.15) is 0 Å². The molecule has 1 N–H and O–H groups in total. The molecule has 3 aromatic rings. The van der Waals surface area contributed by atoms with Crippen LogP contribution in [0.4, 0.5) is 0 Å². The lowest BCUT2D eigenvalue weighted by atomic mass is 10.2. The van der Waals surface area contributed by atoms with Gasteiger partial charge in [0.15, 0.2) is 0 Å². The van der Waals surface area contributed by atoms with Crippen LogP contribution in [0.2, 0.25) is 0 Å². The van der Waals surface area contributed by atoms with Crippen molar-refractivity contribution in [2.24, 2.45) is 0 Å². The molecule has 0 aromatic carbocycles. The number of hydrogen-bond donors (Lipinski definition) is 1. The maximum Gasteiger partial charge on any atom is 0.0885 e. The number of hydrogen-bond acceptors (Lipinski definition) is 2. The van der Waals surface area contributed by atoms with Gasteiger partial charge in [0.1, 0.15) is 0 Å². The Hall–Kier alpha value is -2.16. The zero-order chi connectivity index (χ0) is 10.1. The molecule has 0 saturated carbocycles. The second-order valence-electron chi connectivity index (χ2n) is 3.36. The third-order valence-electron chi connectivity index (χ3n) is 2.36. The van der Waals surface area contributed by atoms with E-state index in [1.54, 1.807) is 12.4 Å². The molecule has 0 amide bonds. The van der Waals surface area contributed by atoms with Crippen LogP contribution in [0.15, 0.2) is 48.9 Å². The van der Waals surface area contributed by atoms with Crippen LogP contribution in [0.5, 0.6) is 0 Å². The first-order valence-corrected chi connectivity index (χ1v) is 4.77. The van der Waals surface area contributed by atoms with Crippen molar-refractivity contribution in [2.45, 2.75) is 0 Å². The van der Waals surface area contributed by atoms with E-state index in [9.17, 15) is 0 Å². The first-order valence-electron chi connectivity index (χ1n) is 4.77. The Balaban J connectivity index is 2.21. The highest BCUT2D eigenvalue weighted by Gasteiger charge is 2.02. The van der Waals surface area contributed by atoms with Crippen LogP contribution in [0, 0.1) is 0 Å². The summed E-state index contributed by atoms with van der Waals surface area (Å²) in [7, 11) is 0. The number of aromatic amines is 1. The molecular formula is C12H9N3. The minimum atomic E-state index is 0.983. The minimum Gasteiger partial charge on any atom is -0.353 e. The average molecular weight is 195 g/mol. The van der Waals surface area contributed by atoms with Gasteiger partial charge in [-0.3, -0.25) is 9.97 Å². The highest BCUT2D eigenvalue weighted by molar-refractivity contribution is 5.82. The number of aromatic nitrogens is 3. The van der Waals surface area contributed by atoms with Gasteiger partial charge >= 0.3 is 0 Å². The zero-order valence-corrected chi connectivity index (χ0v) is 8.01. The third kappa shape index (κ3) is 1.38. The Bertz CT molecular complexity index is 551. The Morgan fingerprint density at radius 1 is 1.07 bits per heavy atom. The molecule has 0 saturated heterocycles. The second-order valence-corrected chi connectivity index (χ2v) is 3.36. The van der Waals surface area contributed by atoms with Crippen molar-refractivity contribution in [3.8, 4) is 11.3 Å². The maximum atomic E-state index is 4.28. The van der Waals surface area contributed by atoms with Crippen molar-refractivity contribution in [3.63, 3.8) is 0 Å². The van der Waals surface area contributed by atoms with Crippen molar-refractivity contribution in [3.05, 3.63) is 48.9 Å². The lowest BCUT2D eigenvalue weighted by Gasteiger charge is -1.94. The molecule has 3 nitrogen and oxygen atoms in total. The van der Waals surface area contributed by atoms with Crippen molar-refractivity contribution in [2.75, 3.05) is 0 Å².